The molecule has 1 amide bonds. The van der Waals surface area contributed by atoms with Gasteiger partial charge in [0.1, 0.15) is 5.75 Å². The molecule has 0 spiro atoms. The number of benzene rings is 1. The average molecular weight is 316 g/mol. The lowest BCUT2D eigenvalue weighted by Crippen LogP contribution is -2.51. The van der Waals surface area contributed by atoms with Crippen LogP contribution in [0.2, 0.25) is 0 Å². The lowest BCUT2D eigenvalue weighted by molar-refractivity contribution is 0.0583. The topological polar surface area (TPSA) is 55.6 Å². The summed E-state index contributed by atoms with van der Waals surface area (Å²) in [6.07, 6.45) is 8.26. The van der Waals surface area contributed by atoms with E-state index in [4.69, 9.17) is 10.5 Å². The molecule has 2 aliphatic rings. The minimum Gasteiger partial charge on any atom is -0.490 e. The van der Waals surface area contributed by atoms with Crippen molar-refractivity contribution in [2.45, 2.75) is 70.1 Å². The Labute approximate surface area is 139 Å². The van der Waals surface area contributed by atoms with Crippen LogP contribution < -0.4 is 10.5 Å². The van der Waals surface area contributed by atoms with Crippen LogP contribution in [0.3, 0.4) is 0 Å². The van der Waals surface area contributed by atoms with E-state index in [1.165, 1.54) is 12.8 Å². The number of nitrogens with two attached hydrogens (primary N) is 1. The van der Waals surface area contributed by atoms with Gasteiger partial charge >= 0.3 is 0 Å². The van der Waals surface area contributed by atoms with E-state index in [1.54, 1.807) is 0 Å². The standard InChI is InChI=1S/C19H28N2O2/c1-14(20)18-11-4-5-12-21(18)19(22)15-7-6-10-17(13-15)23-16-8-2-3-9-16/h6-7,10,13-14,16,18H,2-5,8-9,11-12,20H2,1H3. The number of carbonyl (C=O) groups excluding carboxylic acids is 1. The van der Waals surface area contributed by atoms with Crippen LogP contribution in [0.1, 0.15) is 62.2 Å². The maximum absolute atomic E-state index is 12.9. The molecule has 0 bridgehead atoms. The second kappa shape index (κ2) is 7.35. The van der Waals surface area contributed by atoms with Crippen molar-refractivity contribution >= 4 is 5.91 Å². The van der Waals surface area contributed by atoms with E-state index in [1.807, 2.05) is 36.1 Å². The van der Waals surface area contributed by atoms with Gasteiger partial charge in [0.2, 0.25) is 0 Å². The summed E-state index contributed by atoms with van der Waals surface area (Å²) in [5, 5.41) is 0. The van der Waals surface area contributed by atoms with Gasteiger partial charge in [0.05, 0.1) is 6.10 Å². The van der Waals surface area contributed by atoms with Crippen molar-refractivity contribution in [1.29, 1.82) is 0 Å². The molecule has 1 aromatic carbocycles. The zero-order valence-electron chi connectivity index (χ0n) is 14.0. The smallest absolute Gasteiger partial charge is 0.254 e. The first-order valence-corrected chi connectivity index (χ1v) is 8.98. The Kier molecular flexibility index (Phi) is 5.21. The van der Waals surface area contributed by atoms with E-state index in [0.29, 0.717) is 11.7 Å². The Balaban J connectivity index is 1.73. The molecule has 2 N–H and O–H groups in total. The molecule has 1 aliphatic carbocycles. The van der Waals surface area contributed by atoms with Crippen molar-refractivity contribution in [3.8, 4) is 5.75 Å². The van der Waals surface area contributed by atoms with Gasteiger partial charge in [-0.1, -0.05) is 6.07 Å². The molecule has 1 saturated heterocycles. The summed E-state index contributed by atoms with van der Waals surface area (Å²) in [6.45, 7) is 2.80. The van der Waals surface area contributed by atoms with Crippen molar-refractivity contribution < 1.29 is 9.53 Å². The number of likely N-dealkylation sites (tertiary alicyclic amines) is 1. The molecule has 1 heterocycles. The summed E-state index contributed by atoms with van der Waals surface area (Å²) >= 11 is 0. The van der Waals surface area contributed by atoms with Crippen LogP contribution in [0.25, 0.3) is 0 Å². The largest absolute Gasteiger partial charge is 0.490 e. The van der Waals surface area contributed by atoms with Crippen molar-refractivity contribution in [3.63, 3.8) is 0 Å². The molecule has 1 aromatic rings. The first-order valence-electron chi connectivity index (χ1n) is 8.98. The monoisotopic (exact) mass is 316 g/mol. The Bertz CT molecular complexity index is 538. The van der Waals surface area contributed by atoms with Gasteiger partial charge in [0.15, 0.2) is 0 Å². The molecule has 0 radical (unpaired) electrons. The van der Waals surface area contributed by atoms with Crippen molar-refractivity contribution in [2.24, 2.45) is 5.73 Å². The zero-order valence-corrected chi connectivity index (χ0v) is 14.0. The number of nitrogens with zero attached hydrogens (tertiary/aromatic N) is 1. The van der Waals surface area contributed by atoms with Crippen LogP contribution in [0.5, 0.6) is 5.75 Å². The average Bonchev–Trinajstić information content (AvgIpc) is 3.07. The summed E-state index contributed by atoms with van der Waals surface area (Å²) in [7, 11) is 0. The van der Waals surface area contributed by atoms with E-state index >= 15 is 0 Å². The van der Waals surface area contributed by atoms with Gasteiger partial charge in [-0.05, 0) is 70.1 Å². The Morgan fingerprint density at radius 3 is 2.70 bits per heavy atom. The molecule has 3 rings (SSSR count). The second-order valence-electron chi connectivity index (χ2n) is 6.97. The number of hydrogen-bond acceptors (Lipinski definition) is 3. The van der Waals surface area contributed by atoms with E-state index in [-0.39, 0.29) is 18.0 Å². The van der Waals surface area contributed by atoms with Gasteiger partial charge in [0.25, 0.3) is 5.91 Å². The van der Waals surface area contributed by atoms with Crippen molar-refractivity contribution in [2.75, 3.05) is 6.54 Å². The van der Waals surface area contributed by atoms with Crippen LogP contribution in [0.15, 0.2) is 24.3 Å². The lowest BCUT2D eigenvalue weighted by Gasteiger charge is -2.38. The zero-order chi connectivity index (χ0) is 16.2. The van der Waals surface area contributed by atoms with E-state index in [9.17, 15) is 4.79 Å². The molecule has 2 atom stereocenters. The minimum atomic E-state index is 0.0113. The minimum absolute atomic E-state index is 0.0113. The molecule has 4 heteroatoms. The van der Waals surface area contributed by atoms with Gasteiger partial charge in [-0.3, -0.25) is 4.79 Å². The normalized spacial score (nSPS) is 23.7. The summed E-state index contributed by atoms with van der Waals surface area (Å²) < 4.78 is 6.03. The highest BCUT2D eigenvalue weighted by Gasteiger charge is 2.30. The number of ether oxygens (including phenoxy) is 1. The molecule has 4 nitrogen and oxygen atoms in total. The van der Waals surface area contributed by atoms with Gasteiger partial charge in [0, 0.05) is 24.2 Å². The number of amides is 1. The summed E-state index contributed by atoms with van der Waals surface area (Å²) in [5.41, 5.74) is 6.81. The number of piperidine rings is 1. The predicted octanol–water partition coefficient (Wildman–Crippen LogP) is 3.35. The highest BCUT2D eigenvalue weighted by Crippen LogP contribution is 2.26. The van der Waals surface area contributed by atoms with E-state index in [0.717, 1.165) is 44.4 Å². The van der Waals surface area contributed by atoms with Gasteiger partial charge < -0.3 is 15.4 Å². The van der Waals surface area contributed by atoms with Gasteiger partial charge in [-0.2, -0.15) is 0 Å². The highest BCUT2D eigenvalue weighted by atomic mass is 16.5. The van der Waals surface area contributed by atoms with Crippen LogP contribution >= 0.6 is 0 Å². The number of rotatable bonds is 4. The molecule has 126 valence electrons. The maximum Gasteiger partial charge on any atom is 0.254 e. The molecular weight excluding hydrogens is 288 g/mol. The van der Waals surface area contributed by atoms with Crippen molar-refractivity contribution in [3.05, 3.63) is 29.8 Å². The van der Waals surface area contributed by atoms with Crippen LogP contribution in [-0.4, -0.2) is 35.5 Å². The predicted molar refractivity (Wildman–Crippen MR) is 91.7 cm³/mol. The molecule has 0 aromatic heterocycles. The quantitative estimate of drug-likeness (QED) is 0.927. The Morgan fingerprint density at radius 1 is 1.22 bits per heavy atom. The van der Waals surface area contributed by atoms with Gasteiger partial charge in [-0.25, -0.2) is 0 Å². The second-order valence-corrected chi connectivity index (χ2v) is 6.97. The molecule has 1 aliphatic heterocycles. The third-order valence-corrected chi connectivity index (χ3v) is 5.10. The number of carbonyl (C=O) groups is 1. The van der Waals surface area contributed by atoms with Crippen LogP contribution in [0.4, 0.5) is 0 Å². The molecule has 2 fully saturated rings. The third kappa shape index (κ3) is 3.86. The van der Waals surface area contributed by atoms with E-state index in [2.05, 4.69) is 0 Å². The molecule has 2 unspecified atom stereocenters. The summed E-state index contributed by atoms with van der Waals surface area (Å²) in [6, 6.07) is 7.81. The lowest BCUT2D eigenvalue weighted by atomic mass is 9.96. The van der Waals surface area contributed by atoms with Crippen molar-refractivity contribution in [1.82, 2.24) is 4.90 Å². The fourth-order valence-corrected chi connectivity index (χ4v) is 3.82. The molecule has 23 heavy (non-hydrogen) atoms. The Morgan fingerprint density at radius 2 is 1.96 bits per heavy atom. The van der Waals surface area contributed by atoms with Crippen LogP contribution in [0, 0.1) is 0 Å². The molecule has 1 saturated carbocycles. The third-order valence-electron chi connectivity index (χ3n) is 5.10. The fourth-order valence-electron chi connectivity index (χ4n) is 3.82. The molecular formula is C19H28N2O2. The summed E-state index contributed by atoms with van der Waals surface area (Å²) in [4.78, 5) is 14.9. The first-order chi connectivity index (χ1) is 11.1. The first kappa shape index (κ1) is 16.3. The number of hydrogen-bond donors (Lipinski definition) is 1. The SMILES string of the molecule is CC(N)C1CCCCN1C(=O)c1cccc(OC2CCCC2)c1. The Hall–Kier alpha value is -1.55. The fraction of sp³-hybridized carbons (Fsp3) is 0.632. The van der Waals surface area contributed by atoms with Crippen LogP contribution in [-0.2, 0) is 0 Å². The highest BCUT2D eigenvalue weighted by molar-refractivity contribution is 5.95. The summed E-state index contributed by atoms with van der Waals surface area (Å²) in [5.74, 6) is 0.904. The van der Waals surface area contributed by atoms with Gasteiger partial charge in [-0.15, -0.1) is 0 Å². The van der Waals surface area contributed by atoms with E-state index < -0.39 is 0 Å². The maximum atomic E-state index is 12.9.